The van der Waals surface area contributed by atoms with Crippen LogP contribution in [0.15, 0.2) is 28.9 Å². The van der Waals surface area contributed by atoms with Crippen LogP contribution in [0.4, 0.5) is 0 Å². The van der Waals surface area contributed by atoms with E-state index in [2.05, 4.69) is 37.9 Å². The van der Waals surface area contributed by atoms with E-state index in [1.54, 1.807) is 0 Å². The van der Waals surface area contributed by atoms with Crippen LogP contribution in [0.3, 0.4) is 0 Å². The Morgan fingerprint density at radius 3 is 2.54 bits per heavy atom. The van der Waals surface area contributed by atoms with E-state index in [0.29, 0.717) is 5.92 Å². The second kappa shape index (κ2) is 5.64. The zero-order valence-corrected chi connectivity index (χ0v) is 10.7. The van der Waals surface area contributed by atoms with Crippen LogP contribution in [-0.4, -0.2) is 6.21 Å². The SMILES string of the molecule is C[C-]1C=NC=CC(C(C)C)=C1.[CH3-].[Lr]. The molecule has 0 unspecified atom stereocenters. The molecule has 0 atom stereocenters. The van der Waals surface area contributed by atoms with Crippen LogP contribution in [0.5, 0.6) is 0 Å². The van der Waals surface area contributed by atoms with Crippen LogP contribution in [0.1, 0.15) is 20.8 Å². The summed E-state index contributed by atoms with van der Waals surface area (Å²) in [6.07, 6.45) is 7.98. The molecular weight excluding hydrogens is 408 g/mol. The molecule has 0 saturated carbocycles. The van der Waals surface area contributed by atoms with Crippen LogP contribution >= 0.6 is 0 Å². The molecule has 0 fully saturated rings. The van der Waals surface area contributed by atoms with Gasteiger partial charge in [0.1, 0.15) is 0 Å². The van der Waals surface area contributed by atoms with Gasteiger partial charge in [-0.25, -0.2) is 6.08 Å². The maximum absolute atomic E-state index is 4.09. The van der Waals surface area contributed by atoms with Crippen molar-refractivity contribution >= 4 is 6.21 Å². The van der Waals surface area contributed by atoms with E-state index in [1.807, 2.05) is 12.4 Å². The predicted octanol–water partition coefficient (Wildman–Crippen LogP) is 3.21. The summed E-state index contributed by atoms with van der Waals surface area (Å²) in [4.78, 5) is 4.09. The van der Waals surface area contributed by atoms with Crippen molar-refractivity contribution in [3.05, 3.63) is 37.3 Å². The standard InChI is InChI=1S/C10H14N.CH3.Lr/c1-8(2)10-4-5-11-7-9(3)6-10;;/h4-8H,1-3H3;1H3;/q2*-1;. The van der Waals surface area contributed by atoms with Gasteiger partial charge in [0.15, 0.2) is 0 Å². The third-order valence-corrected chi connectivity index (χ3v) is 1.69. The molecule has 1 heterocycles. The Kier molecular flexibility index (Phi) is 5.90. The third kappa shape index (κ3) is 3.80. The Bertz CT molecular complexity index is 214. The summed E-state index contributed by atoms with van der Waals surface area (Å²) in [5.74, 6) is 1.81. The van der Waals surface area contributed by atoms with Crippen LogP contribution in [0.2, 0.25) is 0 Å². The van der Waals surface area contributed by atoms with Gasteiger partial charge in [0.2, 0.25) is 0 Å². The minimum atomic E-state index is 0. The van der Waals surface area contributed by atoms with Crippen molar-refractivity contribution in [1.82, 2.24) is 0 Å². The number of hydrogen-bond acceptors (Lipinski definition) is 1. The molecule has 0 saturated heterocycles. The summed E-state index contributed by atoms with van der Waals surface area (Å²) >= 11 is 0. The number of nitrogens with zero attached hydrogens (tertiary/aromatic N) is 1. The molecule has 0 aromatic heterocycles. The normalized spacial score (nSPS) is 14.5. The molecule has 1 nitrogen and oxygen atoms in total. The molecule has 0 aliphatic carbocycles. The minimum absolute atomic E-state index is 0. The minimum Gasteiger partial charge on any atom is -0.358 e. The Hall–Kier alpha value is -1.98. The molecule has 1 aliphatic rings. The monoisotopic (exact) mass is 425 g/mol. The molecule has 0 aromatic carbocycles. The van der Waals surface area contributed by atoms with Gasteiger partial charge >= 0.3 is 0 Å². The Morgan fingerprint density at radius 2 is 2.00 bits per heavy atom. The predicted molar refractivity (Wildman–Crippen MR) is 55.9 cm³/mol. The third-order valence-electron chi connectivity index (χ3n) is 1.69. The molecule has 1 aliphatic heterocycles. The van der Waals surface area contributed by atoms with Crippen molar-refractivity contribution < 1.29 is 0 Å². The molecule has 0 amide bonds. The molecule has 83 valence electrons. The van der Waals surface area contributed by atoms with Crippen molar-refractivity contribution in [3.8, 4) is 0 Å². The van der Waals surface area contributed by atoms with Crippen molar-refractivity contribution in [2.45, 2.75) is 20.8 Å². The number of hydrogen-bond donors (Lipinski definition) is 0. The zero-order valence-electron chi connectivity index (χ0n) is 8.59. The summed E-state index contributed by atoms with van der Waals surface area (Å²) < 4.78 is 0. The fourth-order valence-electron chi connectivity index (χ4n) is 0.997. The molecule has 0 N–H and O–H groups in total. The van der Waals surface area contributed by atoms with Gasteiger partial charge in [-0.15, -0.1) is 13.0 Å². The van der Waals surface area contributed by atoms with Gasteiger partial charge in [0, 0.05) is 6.20 Å². The van der Waals surface area contributed by atoms with Gasteiger partial charge in [-0.2, -0.15) is 11.5 Å². The summed E-state index contributed by atoms with van der Waals surface area (Å²) in [7, 11) is 0. The first kappa shape index (κ1) is 13.6. The van der Waals surface area contributed by atoms with Gasteiger partial charge in [0.05, 0.1) is 0 Å². The van der Waals surface area contributed by atoms with Crippen LogP contribution < -0.4 is 0 Å². The molecule has 2 heteroatoms. The van der Waals surface area contributed by atoms with Gasteiger partial charge in [-0.05, 0) is 0 Å². The zero-order chi connectivity index (χ0) is 8.27. The van der Waals surface area contributed by atoms with E-state index >= 15 is 0 Å². The van der Waals surface area contributed by atoms with E-state index in [0.717, 1.165) is 0 Å². The van der Waals surface area contributed by atoms with Gasteiger partial charge in [-0.3, -0.25) is 4.99 Å². The second-order valence-corrected chi connectivity index (χ2v) is 3.14. The van der Waals surface area contributed by atoms with E-state index in [-0.39, 0.29) is 7.43 Å². The molecule has 0 aromatic rings. The maximum Gasteiger partial charge on any atom is 0.00747 e. The smallest absolute Gasteiger partial charge is 0.00747 e. The summed E-state index contributed by atoms with van der Waals surface area (Å²) in [5.41, 5.74) is 1.35. The molecule has 1 radical (unpaired) electrons. The number of allylic oxidation sites excluding steroid dienone is 3. The summed E-state index contributed by atoms with van der Waals surface area (Å²) in [6.45, 7) is 6.45. The van der Waals surface area contributed by atoms with E-state index in [4.69, 9.17) is 0 Å². The summed E-state index contributed by atoms with van der Waals surface area (Å²) in [6, 6.07) is 0. The molecule has 13 heavy (non-hydrogen) atoms. The molecule has 0 spiro atoms. The quantitative estimate of drug-likeness (QED) is 0.573. The Morgan fingerprint density at radius 1 is 1.38 bits per heavy atom. The largest absolute Gasteiger partial charge is 0.358 e. The maximum atomic E-state index is 4.09. The van der Waals surface area contributed by atoms with Crippen molar-refractivity contribution in [2.24, 2.45) is 10.9 Å². The van der Waals surface area contributed by atoms with Crippen LogP contribution in [-0.2, 0) is 0 Å². The molecule has 0 bridgehead atoms. The average Bonchev–Trinajstić information content (AvgIpc) is 2.13. The van der Waals surface area contributed by atoms with Gasteiger partial charge in [-0.1, -0.05) is 26.0 Å². The fraction of sp³-hybridized carbons (Fsp3) is 0.364. The first-order valence-electron chi connectivity index (χ1n) is 3.95. The van der Waals surface area contributed by atoms with Crippen molar-refractivity contribution in [3.63, 3.8) is 0 Å². The fourth-order valence-corrected chi connectivity index (χ4v) is 0.997. The van der Waals surface area contributed by atoms with Crippen LogP contribution in [0.25, 0.3) is 0 Å². The number of aliphatic imine (C=N–C) groups is 1. The Balaban J connectivity index is 0. The van der Waals surface area contributed by atoms with Gasteiger partial charge < -0.3 is 7.43 Å². The van der Waals surface area contributed by atoms with E-state index < -0.39 is 0 Å². The first-order valence-corrected chi connectivity index (χ1v) is 3.95. The average molecular weight is 425 g/mol. The topological polar surface area (TPSA) is 12.4 Å². The second-order valence-electron chi connectivity index (χ2n) is 3.14. The van der Waals surface area contributed by atoms with Crippen molar-refractivity contribution in [1.29, 1.82) is 0 Å². The first-order chi connectivity index (χ1) is 5.20. The van der Waals surface area contributed by atoms with E-state index in [1.165, 1.54) is 11.5 Å². The Labute approximate surface area is 75.9 Å². The number of rotatable bonds is 1. The van der Waals surface area contributed by atoms with Crippen molar-refractivity contribution in [2.75, 3.05) is 0 Å². The molecular formula is C11H17LrN-2. The van der Waals surface area contributed by atoms with Gasteiger partial charge in [0.25, 0.3) is 0 Å². The summed E-state index contributed by atoms with van der Waals surface area (Å²) in [5, 5.41) is 0. The van der Waals surface area contributed by atoms with E-state index in [9.17, 15) is 0 Å². The molecule has 1 rings (SSSR count). The van der Waals surface area contributed by atoms with Crippen LogP contribution in [0, 0.1) is 19.3 Å².